The standard InChI is InChI=1S/C13H18BrFN6O3S/c1-16-25(2,23)6-5-17-12-11(20-24-21-12)13(19-22)18-8-3-4-10(15)9(14)7-8/h3-4,7,22,25H,5-6H2,1-2H3,(H,16,23)(H,17,21)(H,18,19). The molecule has 0 bridgehead atoms. The van der Waals surface area contributed by atoms with Crippen molar-refractivity contribution in [3.63, 3.8) is 0 Å². The first-order valence-electron chi connectivity index (χ1n) is 7.13. The lowest BCUT2D eigenvalue weighted by molar-refractivity contribution is 0.305. The van der Waals surface area contributed by atoms with Gasteiger partial charge in [-0.1, -0.05) is 15.3 Å². The predicted octanol–water partition coefficient (Wildman–Crippen LogP) is 1.41. The van der Waals surface area contributed by atoms with E-state index in [1.54, 1.807) is 13.3 Å². The Hall–Kier alpha value is -2.05. The molecule has 0 aliphatic heterocycles. The molecule has 0 fully saturated rings. The summed E-state index contributed by atoms with van der Waals surface area (Å²) in [5, 5.41) is 25.5. The molecule has 0 aliphatic carbocycles. The smallest absolute Gasteiger partial charge is 0.203 e. The van der Waals surface area contributed by atoms with Crippen LogP contribution in [-0.2, 0) is 10.1 Å². The first-order chi connectivity index (χ1) is 11.9. The van der Waals surface area contributed by atoms with Gasteiger partial charge in [0.2, 0.25) is 11.7 Å². The molecule has 1 heterocycles. The molecule has 0 atom stereocenters. The summed E-state index contributed by atoms with van der Waals surface area (Å²) >= 11 is 3.07. The van der Waals surface area contributed by atoms with E-state index >= 15 is 0 Å². The summed E-state index contributed by atoms with van der Waals surface area (Å²) < 4.78 is 32.9. The van der Waals surface area contributed by atoms with Gasteiger partial charge in [0.1, 0.15) is 5.82 Å². The van der Waals surface area contributed by atoms with Crippen LogP contribution in [-0.4, -0.2) is 51.2 Å². The van der Waals surface area contributed by atoms with Crippen LogP contribution >= 0.6 is 15.9 Å². The van der Waals surface area contributed by atoms with Crippen molar-refractivity contribution in [1.82, 2.24) is 15.0 Å². The van der Waals surface area contributed by atoms with Crippen LogP contribution in [0.25, 0.3) is 0 Å². The van der Waals surface area contributed by atoms with Gasteiger partial charge < -0.3 is 15.8 Å². The van der Waals surface area contributed by atoms with E-state index in [1.807, 2.05) is 0 Å². The minimum absolute atomic E-state index is 0.0458. The Kier molecular flexibility index (Phi) is 6.45. The van der Waals surface area contributed by atoms with Crippen molar-refractivity contribution in [1.29, 1.82) is 0 Å². The summed E-state index contributed by atoms with van der Waals surface area (Å²) in [5.74, 6) is 0.125. The number of aromatic nitrogens is 2. The van der Waals surface area contributed by atoms with E-state index in [-0.39, 0.29) is 21.8 Å². The van der Waals surface area contributed by atoms with Gasteiger partial charge in [0.15, 0.2) is 5.69 Å². The molecule has 1 aromatic carbocycles. The molecule has 1 aromatic heterocycles. The Balaban J connectivity index is 2.10. The third kappa shape index (κ3) is 5.21. The van der Waals surface area contributed by atoms with Crippen LogP contribution in [0.2, 0.25) is 0 Å². The fourth-order valence-electron chi connectivity index (χ4n) is 1.80. The van der Waals surface area contributed by atoms with E-state index in [4.69, 9.17) is 0 Å². The summed E-state index contributed by atoms with van der Waals surface area (Å²) in [6.07, 6.45) is 1.63. The number of nitrogens with zero attached hydrogens (tertiary/aromatic N) is 3. The fourth-order valence-corrected chi connectivity index (χ4v) is 2.94. The first kappa shape index (κ1) is 19.3. The molecule has 0 saturated heterocycles. The lowest BCUT2D eigenvalue weighted by Gasteiger charge is -2.17. The van der Waals surface area contributed by atoms with Crippen molar-refractivity contribution >= 4 is 43.4 Å². The minimum Gasteiger partial charge on any atom is -0.409 e. The van der Waals surface area contributed by atoms with Crippen LogP contribution in [0.15, 0.2) is 32.5 Å². The van der Waals surface area contributed by atoms with Crippen LogP contribution in [0.1, 0.15) is 5.69 Å². The minimum atomic E-state index is -2.43. The molecule has 2 rings (SSSR count). The van der Waals surface area contributed by atoms with Gasteiger partial charge in [-0.05, 0) is 51.5 Å². The number of amidine groups is 1. The molecule has 138 valence electrons. The lowest BCUT2D eigenvalue weighted by atomic mass is 10.3. The van der Waals surface area contributed by atoms with Crippen LogP contribution in [0.3, 0.4) is 0 Å². The van der Waals surface area contributed by atoms with Crippen molar-refractivity contribution in [3.05, 3.63) is 34.2 Å². The summed E-state index contributed by atoms with van der Waals surface area (Å²) in [6, 6.07) is 4.19. The molecule has 4 N–H and O–H groups in total. The molecule has 0 saturated carbocycles. The highest BCUT2D eigenvalue weighted by Gasteiger charge is 2.18. The second-order valence-electron chi connectivity index (χ2n) is 5.14. The fraction of sp³-hybridized carbons (Fsp3) is 0.308. The molecular weight excluding hydrogens is 419 g/mol. The molecule has 25 heavy (non-hydrogen) atoms. The zero-order valence-electron chi connectivity index (χ0n) is 13.5. The van der Waals surface area contributed by atoms with E-state index in [0.29, 0.717) is 18.0 Å². The van der Waals surface area contributed by atoms with Gasteiger partial charge in [-0.25, -0.2) is 9.02 Å². The summed E-state index contributed by atoms with van der Waals surface area (Å²) in [5.41, 5.74) is 0.585. The molecule has 0 unspecified atom stereocenters. The molecule has 2 aromatic rings. The summed E-state index contributed by atoms with van der Waals surface area (Å²) in [6.45, 7) is 0.344. The quantitative estimate of drug-likeness (QED) is 0.146. The van der Waals surface area contributed by atoms with E-state index in [9.17, 15) is 13.8 Å². The number of rotatable bonds is 7. The van der Waals surface area contributed by atoms with Crippen molar-refractivity contribution in [3.8, 4) is 0 Å². The van der Waals surface area contributed by atoms with Crippen LogP contribution < -0.4 is 15.4 Å². The van der Waals surface area contributed by atoms with Gasteiger partial charge in [0.25, 0.3) is 0 Å². The zero-order chi connectivity index (χ0) is 18.4. The number of hydrogen-bond acceptors (Lipinski definition) is 7. The second-order valence-corrected chi connectivity index (χ2v) is 9.09. The van der Waals surface area contributed by atoms with E-state index in [2.05, 4.69) is 51.4 Å². The van der Waals surface area contributed by atoms with Gasteiger partial charge in [-0.3, -0.25) is 8.93 Å². The number of halogens is 2. The normalized spacial score (nSPS) is 12.9. The maximum atomic E-state index is 13.3. The average Bonchev–Trinajstić information content (AvgIpc) is 3.04. The average molecular weight is 437 g/mol. The van der Waals surface area contributed by atoms with Crippen LogP contribution in [0.4, 0.5) is 15.9 Å². The highest BCUT2D eigenvalue weighted by molar-refractivity contribution is 9.10. The molecule has 9 nitrogen and oxygen atoms in total. The Morgan fingerprint density at radius 2 is 2.24 bits per heavy atom. The zero-order valence-corrected chi connectivity index (χ0v) is 15.9. The molecule has 0 amide bonds. The summed E-state index contributed by atoms with van der Waals surface area (Å²) in [4.78, 5) is 0. The molecule has 12 heteroatoms. The third-order valence-electron chi connectivity index (χ3n) is 3.30. The monoisotopic (exact) mass is 436 g/mol. The number of thiol groups is 1. The van der Waals surface area contributed by atoms with E-state index in [1.165, 1.54) is 18.2 Å². The highest BCUT2D eigenvalue weighted by atomic mass is 79.9. The van der Waals surface area contributed by atoms with Crippen molar-refractivity contribution < 1.29 is 18.4 Å². The van der Waals surface area contributed by atoms with Gasteiger partial charge >= 0.3 is 0 Å². The van der Waals surface area contributed by atoms with Crippen molar-refractivity contribution in [2.45, 2.75) is 0 Å². The topological polar surface area (TPSA) is 125 Å². The second kappa shape index (κ2) is 8.36. The van der Waals surface area contributed by atoms with Crippen molar-refractivity contribution in [2.24, 2.45) is 5.16 Å². The maximum absolute atomic E-state index is 13.3. The van der Waals surface area contributed by atoms with E-state index < -0.39 is 15.9 Å². The van der Waals surface area contributed by atoms with Gasteiger partial charge in [0.05, 0.1) is 4.47 Å². The number of benzene rings is 1. The Morgan fingerprint density at radius 3 is 2.88 bits per heavy atom. The molecule has 0 radical (unpaired) electrons. The number of anilines is 2. The molecule has 0 spiro atoms. The largest absolute Gasteiger partial charge is 0.409 e. The van der Waals surface area contributed by atoms with Gasteiger partial charge in [-0.15, -0.1) is 0 Å². The Morgan fingerprint density at radius 1 is 1.48 bits per heavy atom. The number of nitrogens with one attached hydrogen (secondary N) is 3. The van der Waals surface area contributed by atoms with Crippen molar-refractivity contribution in [2.75, 3.05) is 36.2 Å². The SMILES string of the molecule is CN[SH](C)(=O)CCNc1nonc1/C(=N/O)Nc1ccc(F)c(Br)c1. The Bertz CT molecular complexity index is 815. The predicted molar refractivity (Wildman–Crippen MR) is 98.2 cm³/mol. The van der Waals surface area contributed by atoms with Gasteiger partial charge in [0, 0.05) is 24.2 Å². The maximum Gasteiger partial charge on any atom is 0.203 e. The van der Waals surface area contributed by atoms with Gasteiger partial charge in [-0.2, -0.15) is 0 Å². The molecule has 0 aliphatic rings. The lowest BCUT2D eigenvalue weighted by Crippen LogP contribution is -2.32. The number of hydrogen-bond donors (Lipinski definition) is 5. The van der Waals surface area contributed by atoms with Crippen LogP contribution in [0, 0.1) is 5.82 Å². The highest BCUT2D eigenvalue weighted by Crippen LogP contribution is 2.21. The Labute approximate surface area is 152 Å². The third-order valence-corrected chi connectivity index (χ3v) is 5.93. The van der Waals surface area contributed by atoms with E-state index in [0.717, 1.165) is 0 Å². The van der Waals surface area contributed by atoms with Crippen LogP contribution in [0.5, 0.6) is 0 Å². The number of oxime groups is 1. The summed E-state index contributed by atoms with van der Waals surface area (Å²) in [7, 11) is -0.800. The first-order valence-corrected chi connectivity index (χ1v) is 10.3. The molecular formula is C13H18BrFN6O3S.